The Balaban J connectivity index is 1.90. The van der Waals surface area contributed by atoms with Gasteiger partial charge in [-0.05, 0) is 44.4 Å². The normalized spacial score (nSPS) is 16.2. The number of ether oxygens (including phenoxy) is 1. The Morgan fingerprint density at radius 3 is 2.81 bits per heavy atom. The van der Waals surface area contributed by atoms with Crippen LogP contribution in [0.1, 0.15) is 35.2 Å². The SMILES string of the molecule is Cc1cccc(C(=O)N2CCC(OCCCN)CC2)c1Cl. The lowest BCUT2D eigenvalue weighted by Crippen LogP contribution is -2.41. The molecule has 1 fully saturated rings. The van der Waals surface area contributed by atoms with E-state index >= 15 is 0 Å². The summed E-state index contributed by atoms with van der Waals surface area (Å²) >= 11 is 6.24. The molecular weight excluding hydrogens is 288 g/mol. The highest BCUT2D eigenvalue weighted by atomic mass is 35.5. The molecule has 1 aromatic carbocycles. The molecule has 4 nitrogen and oxygen atoms in total. The third-order valence-electron chi connectivity index (χ3n) is 3.85. The fourth-order valence-corrected chi connectivity index (χ4v) is 2.75. The van der Waals surface area contributed by atoms with Gasteiger partial charge in [-0.1, -0.05) is 23.7 Å². The summed E-state index contributed by atoms with van der Waals surface area (Å²) in [6.45, 7) is 4.71. The molecule has 1 saturated heterocycles. The minimum absolute atomic E-state index is 0.0177. The molecule has 0 bridgehead atoms. The highest BCUT2D eigenvalue weighted by molar-refractivity contribution is 6.34. The van der Waals surface area contributed by atoms with Gasteiger partial charge in [0.15, 0.2) is 0 Å². The van der Waals surface area contributed by atoms with Gasteiger partial charge in [0, 0.05) is 19.7 Å². The first-order valence-corrected chi connectivity index (χ1v) is 7.87. The fraction of sp³-hybridized carbons (Fsp3) is 0.562. The molecule has 1 aliphatic rings. The minimum Gasteiger partial charge on any atom is -0.378 e. The van der Waals surface area contributed by atoms with Crippen LogP contribution in [0.4, 0.5) is 0 Å². The summed E-state index contributed by atoms with van der Waals surface area (Å²) < 4.78 is 5.76. The number of likely N-dealkylation sites (tertiary alicyclic amines) is 1. The van der Waals surface area contributed by atoms with Crippen molar-refractivity contribution in [1.82, 2.24) is 4.90 Å². The molecule has 5 heteroatoms. The summed E-state index contributed by atoms with van der Waals surface area (Å²) in [5, 5.41) is 0.559. The molecule has 0 saturated carbocycles. The molecule has 1 aliphatic heterocycles. The lowest BCUT2D eigenvalue weighted by Gasteiger charge is -2.32. The maximum Gasteiger partial charge on any atom is 0.255 e. The van der Waals surface area contributed by atoms with E-state index in [-0.39, 0.29) is 12.0 Å². The molecule has 0 atom stereocenters. The topological polar surface area (TPSA) is 55.6 Å². The monoisotopic (exact) mass is 310 g/mol. The van der Waals surface area contributed by atoms with E-state index in [0.717, 1.165) is 37.9 Å². The van der Waals surface area contributed by atoms with Gasteiger partial charge in [0.05, 0.1) is 16.7 Å². The van der Waals surface area contributed by atoms with Gasteiger partial charge in [-0.2, -0.15) is 0 Å². The quantitative estimate of drug-likeness (QED) is 0.851. The molecule has 0 unspecified atom stereocenters. The average Bonchev–Trinajstić information content (AvgIpc) is 2.50. The van der Waals surface area contributed by atoms with Gasteiger partial charge in [-0.15, -0.1) is 0 Å². The largest absolute Gasteiger partial charge is 0.378 e. The van der Waals surface area contributed by atoms with Crippen LogP contribution in [0.3, 0.4) is 0 Å². The number of benzene rings is 1. The van der Waals surface area contributed by atoms with Crippen molar-refractivity contribution in [3.8, 4) is 0 Å². The van der Waals surface area contributed by atoms with Gasteiger partial charge in [0.2, 0.25) is 0 Å². The predicted molar refractivity (Wildman–Crippen MR) is 84.7 cm³/mol. The van der Waals surface area contributed by atoms with Gasteiger partial charge in [-0.3, -0.25) is 4.79 Å². The van der Waals surface area contributed by atoms with Crippen LogP contribution in [0.25, 0.3) is 0 Å². The Kier molecular flexibility index (Phi) is 6.03. The van der Waals surface area contributed by atoms with Crippen LogP contribution in [-0.2, 0) is 4.74 Å². The number of hydrogen-bond acceptors (Lipinski definition) is 3. The molecule has 0 aromatic heterocycles. The first kappa shape index (κ1) is 16.3. The molecule has 1 amide bonds. The van der Waals surface area contributed by atoms with E-state index in [9.17, 15) is 4.79 Å². The Morgan fingerprint density at radius 1 is 1.43 bits per heavy atom. The summed E-state index contributed by atoms with van der Waals surface area (Å²) in [5.41, 5.74) is 6.98. The maximum atomic E-state index is 12.5. The van der Waals surface area contributed by atoms with Crippen molar-refractivity contribution in [2.45, 2.75) is 32.3 Å². The highest BCUT2D eigenvalue weighted by Crippen LogP contribution is 2.23. The molecule has 0 radical (unpaired) electrons. The Morgan fingerprint density at radius 2 is 2.14 bits per heavy atom. The number of aryl methyl sites for hydroxylation is 1. The zero-order chi connectivity index (χ0) is 15.2. The second-order valence-electron chi connectivity index (χ2n) is 5.44. The smallest absolute Gasteiger partial charge is 0.255 e. The molecule has 2 N–H and O–H groups in total. The second kappa shape index (κ2) is 7.78. The molecule has 2 rings (SSSR count). The summed E-state index contributed by atoms with van der Waals surface area (Å²) in [6, 6.07) is 5.58. The number of rotatable bonds is 5. The van der Waals surface area contributed by atoms with E-state index in [0.29, 0.717) is 23.7 Å². The summed E-state index contributed by atoms with van der Waals surface area (Å²) in [5.74, 6) is 0.0177. The van der Waals surface area contributed by atoms with Crippen LogP contribution >= 0.6 is 11.6 Å². The molecule has 21 heavy (non-hydrogen) atoms. The second-order valence-corrected chi connectivity index (χ2v) is 5.82. The van der Waals surface area contributed by atoms with Gasteiger partial charge in [0.1, 0.15) is 0 Å². The van der Waals surface area contributed by atoms with E-state index < -0.39 is 0 Å². The van der Waals surface area contributed by atoms with Crippen LogP contribution in [0.2, 0.25) is 5.02 Å². The van der Waals surface area contributed by atoms with E-state index in [2.05, 4.69) is 0 Å². The van der Waals surface area contributed by atoms with Crippen molar-refractivity contribution in [3.63, 3.8) is 0 Å². The average molecular weight is 311 g/mol. The summed E-state index contributed by atoms with van der Waals surface area (Å²) in [4.78, 5) is 14.4. The Hall–Kier alpha value is -1.10. The number of halogens is 1. The maximum absolute atomic E-state index is 12.5. The first-order valence-electron chi connectivity index (χ1n) is 7.49. The van der Waals surface area contributed by atoms with Crippen molar-refractivity contribution in [2.75, 3.05) is 26.2 Å². The summed E-state index contributed by atoms with van der Waals surface area (Å²) in [6.07, 6.45) is 2.88. The van der Waals surface area contributed by atoms with Crippen molar-refractivity contribution in [1.29, 1.82) is 0 Å². The number of amides is 1. The fourth-order valence-electron chi connectivity index (χ4n) is 2.54. The van der Waals surface area contributed by atoms with Crippen LogP contribution < -0.4 is 5.73 Å². The van der Waals surface area contributed by atoms with Crippen molar-refractivity contribution < 1.29 is 9.53 Å². The van der Waals surface area contributed by atoms with Crippen molar-refractivity contribution >= 4 is 17.5 Å². The van der Waals surface area contributed by atoms with Crippen molar-refractivity contribution in [3.05, 3.63) is 34.3 Å². The molecular formula is C16H23ClN2O2. The van der Waals surface area contributed by atoms with Gasteiger partial charge >= 0.3 is 0 Å². The molecule has 0 spiro atoms. The number of hydrogen-bond donors (Lipinski definition) is 1. The number of carbonyl (C=O) groups excluding carboxylic acids is 1. The standard InChI is InChI=1S/C16H23ClN2O2/c1-12-4-2-5-14(15(12)17)16(20)19-9-6-13(7-10-19)21-11-3-8-18/h2,4-5,13H,3,6-11,18H2,1H3. The number of nitrogens with two attached hydrogens (primary N) is 1. The summed E-state index contributed by atoms with van der Waals surface area (Å²) in [7, 11) is 0. The van der Waals surface area contributed by atoms with E-state index in [1.807, 2.05) is 24.0 Å². The van der Waals surface area contributed by atoms with Gasteiger partial charge < -0.3 is 15.4 Å². The van der Waals surface area contributed by atoms with E-state index in [1.54, 1.807) is 6.07 Å². The Bertz CT molecular complexity index is 485. The molecule has 116 valence electrons. The lowest BCUT2D eigenvalue weighted by molar-refractivity contribution is 0.00845. The van der Waals surface area contributed by atoms with E-state index in [4.69, 9.17) is 22.1 Å². The third-order valence-corrected chi connectivity index (χ3v) is 4.36. The molecule has 1 heterocycles. The van der Waals surface area contributed by atoms with Crippen molar-refractivity contribution in [2.24, 2.45) is 5.73 Å². The molecule has 0 aliphatic carbocycles. The van der Waals surface area contributed by atoms with Gasteiger partial charge in [0.25, 0.3) is 5.91 Å². The Labute approximate surface area is 131 Å². The highest BCUT2D eigenvalue weighted by Gasteiger charge is 2.25. The number of carbonyl (C=O) groups is 1. The van der Waals surface area contributed by atoms with Crippen LogP contribution in [0.15, 0.2) is 18.2 Å². The predicted octanol–water partition coefficient (Wildman–Crippen LogP) is 2.62. The van der Waals surface area contributed by atoms with Crippen LogP contribution in [0.5, 0.6) is 0 Å². The first-order chi connectivity index (χ1) is 10.1. The zero-order valence-corrected chi connectivity index (χ0v) is 13.2. The number of nitrogens with zero attached hydrogens (tertiary/aromatic N) is 1. The third kappa shape index (κ3) is 4.19. The van der Waals surface area contributed by atoms with Gasteiger partial charge in [-0.25, -0.2) is 0 Å². The van der Waals surface area contributed by atoms with E-state index in [1.165, 1.54) is 0 Å². The van der Waals surface area contributed by atoms with Crippen LogP contribution in [-0.4, -0.2) is 43.2 Å². The minimum atomic E-state index is 0.0177. The zero-order valence-electron chi connectivity index (χ0n) is 12.5. The van der Waals surface area contributed by atoms with Crippen LogP contribution in [0, 0.1) is 6.92 Å². The lowest BCUT2D eigenvalue weighted by atomic mass is 10.1. The number of piperidine rings is 1. The molecule has 1 aromatic rings.